The van der Waals surface area contributed by atoms with Crippen LogP contribution in [0.2, 0.25) is 0 Å². The molecule has 0 aliphatic carbocycles. The van der Waals surface area contributed by atoms with Crippen molar-refractivity contribution < 1.29 is 9.59 Å². The second-order valence-corrected chi connectivity index (χ2v) is 4.36. The smallest absolute Gasteiger partial charge is 0.261 e. The lowest BCUT2D eigenvalue weighted by molar-refractivity contribution is 0.0651. The average Bonchev–Trinajstić information content (AvgIpc) is 3.02. The highest BCUT2D eigenvalue weighted by molar-refractivity contribution is 6.21. The van der Waals surface area contributed by atoms with Gasteiger partial charge in [-0.05, 0) is 18.6 Å². The van der Waals surface area contributed by atoms with E-state index in [-0.39, 0.29) is 11.8 Å². The molecule has 0 spiro atoms. The molecule has 0 saturated carbocycles. The van der Waals surface area contributed by atoms with Gasteiger partial charge < -0.3 is 4.57 Å². The van der Waals surface area contributed by atoms with E-state index in [1.54, 1.807) is 36.9 Å². The van der Waals surface area contributed by atoms with E-state index in [2.05, 4.69) is 10.2 Å². The van der Waals surface area contributed by atoms with Crippen LogP contribution >= 0.6 is 0 Å². The van der Waals surface area contributed by atoms with Crippen LogP contribution < -0.4 is 0 Å². The predicted octanol–water partition coefficient (Wildman–Crippen LogP) is 0.964. The number of carbonyl (C=O) groups excluding carboxylic acids is 2. The second kappa shape index (κ2) is 4.64. The van der Waals surface area contributed by atoms with Crippen molar-refractivity contribution in [2.75, 3.05) is 6.54 Å². The number of hydrogen-bond acceptors (Lipinski definition) is 4. The number of nitrogens with zero attached hydrogens (tertiary/aromatic N) is 4. The fraction of sp³-hybridized carbons (Fsp3) is 0.231. The molecule has 1 aromatic heterocycles. The first-order valence-electron chi connectivity index (χ1n) is 6.05. The lowest BCUT2D eigenvalue weighted by atomic mass is 10.1. The third-order valence-corrected chi connectivity index (χ3v) is 3.14. The first-order valence-corrected chi connectivity index (χ1v) is 6.05. The van der Waals surface area contributed by atoms with Crippen molar-refractivity contribution in [3.8, 4) is 0 Å². The maximum atomic E-state index is 12.1. The molecule has 0 radical (unpaired) electrons. The Balaban J connectivity index is 1.67. The number of aryl methyl sites for hydroxylation is 1. The summed E-state index contributed by atoms with van der Waals surface area (Å²) in [6.07, 6.45) is 3.91. The van der Waals surface area contributed by atoms with Crippen molar-refractivity contribution >= 4 is 11.8 Å². The maximum Gasteiger partial charge on any atom is 0.261 e. The fourth-order valence-corrected chi connectivity index (χ4v) is 2.19. The quantitative estimate of drug-likeness (QED) is 0.764. The van der Waals surface area contributed by atoms with Crippen LogP contribution in [0.1, 0.15) is 27.1 Å². The Morgan fingerprint density at radius 1 is 0.895 bits per heavy atom. The molecule has 1 aliphatic rings. The van der Waals surface area contributed by atoms with Crippen LogP contribution in [0.5, 0.6) is 0 Å². The Labute approximate surface area is 109 Å². The zero-order valence-electron chi connectivity index (χ0n) is 10.2. The minimum atomic E-state index is -0.204. The Morgan fingerprint density at radius 2 is 1.47 bits per heavy atom. The minimum Gasteiger partial charge on any atom is -0.320 e. The Hall–Kier alpha value is -2.50. The molecule has 6 heteroatoms. The number of aromatic nitrogens is 3. The van der Waals surface area contributed by atoms with Gasteiger partial charge in [-0.2, -0.15) is 0 Å². The SMILES string of the molecule is O=C1c2ccccc2C(=O)N1CCCn1cnnc1. The Morgan fingerprint density at radius 3 is 2.05 bits per heavy atom. The number of hydrogen-bond donors (Lipinski definition) is 0. The van der Waals surface area contributed by atoms with Crippen molar-refractivity contribution in [2.45, 2.75) is 13.0 Å². The number of fused-ring (bicyclic) bond motifs is 1. The molecule has 0 fully saturated rings. The number of benzene rings is 1. The zero-order valence-corrected chi connectivity index (χ0v) is 10.2. The van der Waals surface area contributed by atoms with Gasteiger partial charge in [-0.1, -0.05) is 12.1 Å². The fourth-order valence-electron chi connectivity index (χ4n) is 2.19. The molecule has 0 bridgehead atoms. The number of carbonyl (C=O) groups is 2. The van der Waals surface area contributed by atoms with Crippen LogP contribution in [0.25, 0.3) is 0 Å². The standard InChI is InChI=1S/C13H12N4O2/c18-12-10-4-1-2-5-11(10)13(19)17(12)7-3-6-16-8-14-15-9-16/h1-2,4-5,8-9H,3,6-7H2. The highest BCUT2D eigenvalue weighted by atomic mass is 16.2. The average molecular weight is 256 g/mol. The Kier molecular flexibility index (Phi) is 2.83. The van der Waals surface area contributed by atoms with Crippen molar-refractivity contribution in [3.63, 3.8) is 0 Å². The molecule has 19 heavy (non-hydrogen) atoms. The number of amides is 2. The summed E-state index contributed by atoms with van der Waals surface area (Å²) < 4.78 is 1.82. The van der Waals surface area contributed by atoms with Gasteiger partial charge in [0.1, 0.15) is 12.7 Å². The van der Waals surface area contributed by atoms with Gasteiger partial charge in [0, 0.05) is 13.1 Å². The predicted molar refractivity (Wildman–Crippen MR) is 66.4 cm³/mol. The van der Waals surface area contributed by atoms with Crippen molar-refractivity contribution in [1.82, 2.24) is 19.7 Å². The highest BCUT2D eigenvalue weighted by Gasteiger charge is 2.34. The van der Waals surface area contributed by atoms with E-state index in [0.29, 0.717) is 30.6 Å². The topological polar surface area (TPSA) is 68.1 Å². The van der Waals surface area contributed by atoms with Crippen LogP contribution in [0.15, 0.2) is 36.9 Å². The summed E-state index contributed by atoms with van der Waals surface area (Å²) in [6.45, 7) is 1.09. The molecular weight excluding hydrogens is 244 g/mol. The molecule has 0 saturated heterocycles. The lowest BCUT2D eigenvalue weighted by Crippen LogP contribution is -2.31. The van der Waals surface area contributed by atoms with E-state index in [1.165, 1.54) is 4.90 Å². The highest BCUT2D eigenvalue weighted by Crippen LogP contribution is 2.22. The summed E-state index contributed by atoms with van der Waals surface area (Å²) in [5.74, 6) is -0.409. The van der Waals surface area contributed by atoms with E-state index < -0.39 is 0 Å². The molecule has 96 valence electrons. The summed E-state index contributed by atoms with van der Waals surface area (Å²) in [5, 5.41) is 7.40. The summed E-state index contributed by atoms with van der Waals surface area (Å²) in [4.78, 5) is 25.4. The maximum absolute atomic E-state index is 12.1. The molecular formula is C13H12N4O2. The molecule has 1 aromatic carbocycles. The van der Waals surface area contributed by atoms with Gasteiger partial charge in [0.05, 0.1) is 11.1 Å². The lowest BCUT2D eigenvalue weighted by Gasteiger charge is -2.13. The van der Waals surface area contributed by atoms with Crippen molar-refractivity contribution in [1.29, 1.82) is 0 Å². The molecule has 1 aliphatic heterocycles. The van der Waals surface area contributed by atoms with Crippen LogP contribution in [-0.2, 0) is 6.54 Å². The molecule has 3 rings (SSSR count). The third-order valence-electron chi connectivity index (χ3n) is 3.14. The molecule has 2 amide bonds. The first-order chi connectivity index (χ1) is 9.27. The van der Waals surface area contributed by atoms with E-state index in [4.69, 9.17) is 0 Å². The normalized spacial score (nSPS) is 14.0. The van der Waals surface area contributed by atoms with Gasteiger partial charge >= 0.3 is 0 Å². The van der Waals surface area contributed by atoms with Crippen LogP contribution in [0.4, 0.5) is 0 Å². The molecule has 0 N–H and O–H groups in total. The molecule has 0 unspecified atom stereocenters. The van der Waals surface area contributed by atoms with Gasteiger partial charge in [-0.25, -0.2) is 0 Å². The van der Waals surface area contributed by atoms with Gasteiger partial charge in [0.25, 0.3) is 11.8 Å². The Bertz CT molecular complexity index is 586. The summed E-state index contributed by atoms with van der Waals surface area (Å²) in [5.41, 5.74) is 0.994. The second-order valence-electron chi connectivity index (χ2n) is 4.36. The van der Waals surface area contributed by atoms with Gasteiger partial charge in [-0.15, -0.1) is 10.2 Å². The molecule has 2 heterocycles. The molecule has 0 atom stereocenters. The van der Waals surface area contributed by atoms with Crippen LogP contribution in [0, 0.1) is 0 Å². The van der Waals surface area contributed by atoms with Crippen LogP contribution in [-0.4, -0.2) is 38.0 Å². The third kappa shape index (κ3) is 2.01. The van der Waals surface area contributed by atoms with Gasteiger partial charge in [-0.3, -0.25) is 14.5 Å². The largest absolute Gasteiger partial charge is 0.320 e. The van der Waals surface area contributed by atoms with Crippen LogP contribution in [0.3, 0.4) is 0 Å². The van der Waals surface area contributed by atoms with E-state index in [1.807, 2.05) is 4.57 Å². The summed E-state index contributed by atoms with van der Waals surface area (Å²) in [6, 6.07) is 6.92. The number of rotatable bonds is 4. The summed E-state index contributed by atoms with van der Waals surface area (Å²) in [7, 11) is 0. The van der Waals surface area contributed by atoms with Gasteiger partial charge in [0.15, 0.2) is 0 Å². The molecule has 2 aromatic rings. The monoisotopic (exact) mass is 256 g/mol. The van der Waals surface area contributed by atoms with Crippen molar-refractivity contribution in [3.05, 3.63) is 48.0 Å². The molecule has 6 nitrogen and oxygen atoms in total. The van der Waals surface area contributed by atoms with Crippen molar-refractivity contribution in [2.24, 2.45) is 0 Å². The first kappa shape index (κ1) is 11.6. The summed E-state index contributed by atoms with van der Waals surface area (Å²) >= 11 is 0. The van der Waals surface area contributed by atoms with E-state index in [0.717, 1.165) is 0 Å². The number of imide groups is 1. The minimum absolute atomic E-state index is 0.204. The van der Waals surface area contributed by atoms with E-state index in [9.17, 15) is 9.59 Å². The zero-order chi connectivity index (χ0) is 13.2. The van der Waals surface area contributed by atoms with Gasteiger partial charge in [0.2, 0.25) is 0 Å². The van der Waals surface area contributed by atoms with E-state index >= 15 is 0 Å².